The number of carbonyl (C=O) groups excluding carboxylic acids is 2. The summed E-state index contributed by atoms with van der Waals surface area (Å²) >= 11 is 0.894. The highest BCUT2D eigenvalue weighted by Gasteiger charge is 2.37. The molecule has 2 heterocycles. The molecule has 0 bridgehead atoms. The van der Waals surface area contributed by atoms with Crippen LogP contribution in [0.3, 0.4) is 0 Å². The second kappa shape index (κ2) is 7.05. The zero-order valence-corrected chi connectivity index (χ0v) is 14.8. The van der Waals surface area contributed by atoms with Gasteiger partial charge in [0.15, 0.2) is 0 Å². The standard InChI is InChI=1S/C19H16N2O4S/c1-3-12(2)21-17(22)16(26-19(21)25)11-15-5-4-10-20(15)14-8-6-13(7-9-14)18(23)24/h3-12H,1H2,2H3,(H,23,24)/b16-11-/t12-/m0/s1. The zero-order chi connectivity index (χ0) is 18.8. The molecule has 7 heteroatoms. The number of hydrogen-bond acceptors (Lipinski definition) is 4. The topological polar surface area (TPSA) is 79.6 Å². The fourth-order valence-corrected chi connectivity index (χ4v) is 3.48. The average Bonchev–Trinajstić information content (AvgIpc) is 3.19. The summed E-state index contributed by atoms with van der Waals surface area (Å²) in [6.07, 6.45) is 5.01. The molecule has 1 aliphatic rings. The minimum absolute atomic E-state index is 0.196. The lowest BCUT2D eigenvalue weighted by molar-refractivity contribution is -0.123. The number of carboxylic acid groups (broad SMARTS) is 1. The minimum atomic E-state index is -0.991. The van der Waals surface area contributed by atoms with Gasteiger partial charge in [0.25, 0.3) is 11.1 Å². The van der Waals surface area contributed by atoms with Gasteiger partial charge in [0.1, 0.15) is 0 Å². The Bertz CT molecular complexity index is 927. The van der Waals surface area contributed by atoms with Crippen molar-refractivity contribution in [2.24, 2.45) is 0 Å². The van der Waals surface area contributed by atoms with Crippen LogP contribution in [0.1, 0.15) is 23.0 Å². The summed E-state index contributed by atoms with van der Waals surface area (Å²) in [7, 11) is 0. The van der Waals surface area contributed by atoms with Gasteiger partial charge in [-0.25, -0.2) is 4.79 Å². The second-order valence-electron chi connectivity index (χ2n) is 5.68. The van der Waals surface area contributed by atoms with Gasteiger partial charge in [-0.15, -0.1) is 6.58 Å². The quantitative estimate of drug-likeness (QED) is 0.642. The first kappa shape index (κ1) is 17.8. The molecule has 1 N–H and O–H groups in total. The van der Waals surface area contributed by atoms with Crippen LogP contribution in [-0.2, 0) is 4.79 Å². The van der Waals surface area contributed by atoms with E-state index in [1.165, 1.54) is 17.0 Å². The van der Waals surface area contributed by atoms with Crippen molar-refractivity contribution in [2.45, 2.75) is 13.0 Å². The van der Waals surface area contributed by atoms with Gasteiger partial charge in [0, 0.05) is 17.6 Å². The minimum Gasteiger partial charge on any atom is -0.478 e. The van der Waals surface area contributed by atoms with Gasteiger partial charge in [0.05, 0.1) is 16.5 Å². The Labute approximate surface area is 154 Å². The number of benzene rings is 1. The van der Waals surface area contributed by atoms with E-state index in [2.05, 4.69) is 6.58 Å². The molecule has 1 fully saturated rings. The van der Waals surface area contributed by atoms with Crippen LogP contribution in [0.4, 0.5) is 4.79 Å². The van der Waals surface area contributed by atoms with Gasteiger partial charge in [0.2, 0.25) is 0 Å². The summed E-state index contributed by atoms with van der Waals surface area (Å²) in [5.41, 5.74) is 1.66. The number of rotatable bonds is 5. The summed E-state index contributed by atoms with van der Waals surface area (Å²) in [6.45, 7) is 5.36. The summed E-state index contributed by atoms with van der Waals surface area (Å²) in [5, 5.41) is 8.67. The monoisotopic (exact) mass is 368 g/mol. The molecular weight excluding hydrogens is 352 g/mol. The van der Waals surface area contributed by atoms with Crippen LogP contribution in [0.15, 0.2) is 60.2 Å². The first-order valence-corrected chi connectivity index (χ1v) is 8.64. The number of aromatic carboxylic acids is 1. The zero-order valence-electron chi connectivity index (χ0n) is 14.0. The lowest BCUT2D eigenvalue weighted by atomic mass is 10.2. The van der Waals surface area contributed by atoms with Gasteiger partial charge >= 0.3 is 5.97 Å². The van der Waals surface area contributed by atoms with Gasteiger partial charge in [-0.05, 0) is 61.2 Å². The van der Waals surface area contributed by atoms with E-state index in [1.54, 1.807) is 37.4 Å². The third-order valence-electron chi connectivity index (χ3n) is 4.02. The van der Waals surface area contributed by atoms with Crippen molar-refractivity contribution in [1.29, 1.82) is 0 Å². The lowest BCUT2D eigenvalue weighted by Crippen LogP contribution is -2.35. The summed E-state index contributed by atoms with van der Waals surface area (Å²) in [4.78, 5) is 37.1. The number of thioether (sulfide) groups is 1. The molecule has 1 aliphatic heterocycles. The fraction of sp³-hybridized carbons (Fsp3) is 0.105. The van der Waals surface area contributed by atoms with Crippen molar-refractivity contribution in [2.75, 3.05) is 0 Å². The number of imide groups is 1. The Hall–Kier alpha value is -3.06. The number of carboxylic acids is 1. The molecule has 1 saturated heterocycles. The van der Waals surface area contributed by atoms with Crippen LogP contribution in [-0.4, -0.2) is 37.7 Å². The maximum absolute atomic E-state index is 12.5. The van der Waals surface area contributed by atoms with Gasteiger partial charge < -0.3 is 9.67 Å². The molecule has 26 heavy (non-hydrogen) atoms. The molecule has 1 aromatic heterocycles. The van der Waals surface area contributed by atoms with E-state index >= 15 is 0 Å². The summed E-state index contributed by atoms with van der Waals surface area (Å²) < 4.78 is 1.82. The third-order valence-corrected chi connectivity index (χ3v) is 4.91. The molecule has 1 atom stereocenters. The van der Waals surface area contributed by atoms with Crippen LogP contribution in [0.25, 0.3) is 11.8 Å². The van der Waals surface area contributed by atoms with Gasteiger partial charge in [-0.1, -0.05) is 6.08 Å². The highest BCUT2D eigenvalue weighted by molar-refractivity contribution is 8.18. The molecule has 0 aliphatic carbocycles. The van der Waals surface area contributed by atoms with E-state index in [0.29, 0.717) is 10.6 Å². The van der Waals surface area contributed by atoms with Crippen LogP contribution in [0.2, 0.25) is 0 Å². The maximum Gasteiger partial charge on any atom is 0.335 e. The van der Waals surface area contributed by atoms with Crippen LogP contribution >= 0.6 is 11.8 Å². The summed E-state index contributed by atoms with van der Waals surface area (Å²) in [5.74, 6) is -1.34. The van der Waals surface area contributed by atoms with Crippen molar-refractivity contribution in [3.8, 4) is 5.69 Å². The Kier molecular flexibility index (Phi) is 4.81. The van der Waals surface area contributed by atoms with E-state index in [4.69, 9.17) is 5.11 Å². The number of amides is 2. The fourth-order valence-electron chi connectivity index (χ4n) is 2.58. The SMILES string of the molecule is C=C[C@H](C)N1C(=O)S/C(=C\c2cccn2-c2ccc(C(=O)O)cc2)C1=O. The maximum atomic E-state index is 12.5. The normalized spacial score (nSPS) is 17.0. The molecule has 6 nitrogen and oxygen atoms in total. The van der Waals surface area contributed by atoms with Crippen molar-refractivity contribution < 1.29 is 19.5 Å². The first-order valence-electron chi connectivity index (χ1n) is 7.83. The highest BCUT2D eigenvalue weighted by atomic mass is 32.2. The van der Waals surface area contributed by atoms with Crippen molar-refractivity contribution in [3.05, 3.63) is 71.4 Å². The van der Waals surface area contributed by atoms with Crippen LogP contribution < -0.4 is 0 Å². The van der Waals surface area contributed by atoms with E-state index < -0.39 is 5.97 Å². The molecule has 0 saturated carbocycles. The first-order chi connectivity index (χ1) is 12.4. The number of nitrogens with zero attached hydrogens (tertiary/aromatic N) is 2. The lowest BCUT2D eigenvalue weighted by Gasteiger charge is -2.17. The molecule has 132 valence electrons. The molecule has 1 aromatic carbocycles. The second-order valence-corrected chi connectivity index (χ2v) is 6.68. The molecule has 2 aromatic rings. The number of carbonyl (C=O) groups is 3. The van der Waals surface area contributed by atoms with Gasteiger partial charge in [-0.3, -0.25) is 14.5 Å². The predicted molar refractivity (Wildman–Crippen MR) is 100 cm³/mol. The molecule has 3 rings (SSSR count). The van der Waals surface area contributed by atoms with E-state index in [9.17, 15) is 14.4 Å². The number of aromatic nitrogens is 1. The molecule has 0 unspecified atom stereocenters. The van der Waals surface area contributed by atoms with Crippen molar-refractivity contribution in [1.82, 2.24) is 9.47 Å². The largest absolute Gasteiger partial charge is 0.478 e. The molecule has 0 radical (unpaired) electrons. The Morgan fingerprint density at radius 3 is 2.54 bits per heavy atom. The van der Waals surface area contributed by atoms with Crippen molar-refractivity contribution in [3.63, 3.8) is 0 Å². The molecule has 0 spiro atoms. The number of hydrogen-bond donors (Lipinski definition) is 1. The van der Waals surface area contributed by atoms with E-state index in [-0.39, 0.29) is 22.8 Å². The van der Waals surface area contributed by atoms with E-state index in [0.717, 1.165) is 17.4 Å². The van der Waals surface area contributed by atoms with E-state index in [1.807, 2.05) is 16.7 Å². The molecule has 2 amide bonds. The Balaban J connectivity index is 1.93. The molecular formula is C19H16N2O4S. The van der Waals surface area contributed by atoms with Crippen molar-refractivity contribution >= 4 is 35.0 Å². The van der Waals surface area contributed by atoms with Gasteiger partial charge in [-0.2, -0.15) is 0 Å². The van der Waals surface area contributed by atoms with Crippen LogP contribution in [0, 0.1) is 0 Å². The third kappa shape index (κ3) is 3.21. The predicted octanol–water partition coefficient (Wildman–Crippen LogP) is 3.79. The summed E-state index contributed by atoms with van der Waals surface area (Å²) in [6, 6.07) is 9.66. The average molecular weight is 368 g/mol. The highest BCUT2D eigenvalue weighted by Crippen LogP contribution is 2.34. The van der Waals surface area contributed by atoms with Crippen LogP contribution in [0.5, 0.6) is 0 Å². The Morgan fingerprint density at radius 1 is 1.23 bits per heavy atom. The smallest absolute Gasteiger partial charge is 0.335 e. The Morgan fingerprint density at radius 2 is 1.92 bits per heavy atom.